The number of aliphatic hydroxyl groups excluding tert-OH is 1. The van der Waals surface area contributed by atoms with Crippen molar-refractivity contribution in [1.82, 2.24) is 0 Å². The lowest BCUT2D eigenvalue weighted by molar-refractivity contribution is -0.906. The number of aliphatic carboxylic acids is 1. The highest BCUT2D eigenvalue weighted by Crippen LogP contribution is 2.09. The van der Waals surface area contributed by atoms with Crippen molar-refractivity contribution in [2.24, 2.45) is 0 Å². The number of hydrogen-bond acceptors (Lipinski definition) is 3. The van der Waals surface area contributed by atoms with Gasteiger partial charge in [0.15, 0.2) is 0 Å². The SMILES string of the molecule is CC(O)C[N+](C)(C)Cc1ccccc1.CCCC(=O)[O-]. The number of carboxylic acid groups (broad SMARTS) is 1. The molecule has 0 fully saturated rings. The fraction of sp³-hybridized carbons (Fsp3) is 0.562. The van der Waals surface area contributed by atoms with Crippen molar-refractivity contribution in [2.75, 3.05) is 20.6 Å². The molecule has 1 aromatic carbocycles. The molecule has 1 aromatic rings. The molecular weight excluding hydrogens is 254 g/mol. The van der Waals surface area contributed by atoms with Gasteiger partial charge in [-0.1, -0.05) is 43.7 Å². The molecule has 20 heavy (non-hydrogen) atoms. The summed E-state index contributed by atoms with van der Waals surface area (Å²) in [5.41, 5.74) is 1.32. The molecule has 1 rings (SSSR count). The average Bonchev–Trinajstić information content (AvgIpc) is 2.28. The number of nitrogens with zero attached hydrogens (tertiary/aromatic N) is 1. The molecule has 0 spiro atoms. The van der Waals surface area contributed by atoms with Gasteiger partial charge in [0.25, 0.3) is 0 Å². The van der Waals surface area contributed by atoms with Crippen LogP contribution in [0.2, 0.25) is 0 Å². The third-order valence-corrected chi connectivity index (χ3v) is 2.67. The van der Waals surface area contributed by atoms with Crippen LogP contribution in [0.3, 0.4) is 0 Å². The lowest BCUT2D eigenvalue weighted by Gasteiger charge is -2.31. The van der Waals surface area contributed by atoms with Gasteiger partial charge in [0, 0.05) is 11.5 Å². The van der Waals surface area contributed by atoms with Gasteiger partial charge in [0.1, 0.15) is 19.2 Å². The summed E-state index contributed by atoms with van der Waals surface area (Å²) in [6.07, 6.45) is 0.608. The van der Waals surface area contributed by atoms with Crippen molar-refractivity contribution < 1.29 is 19.5 Å². The topological polar surface area (TPSA) is 60.4 Å². The number of likely N-dealkylation sites (N-methyl/N-ethyl adjacent to an activating group) is 1. The van der Waals surface area contributed by atoms with Crippen LogP contribution in [0.5, 0.6) is 0 Å². The number of carboxylic acids is 1. The first-order chi connectivity index (χ1) is 9.26. The first-order valence-electron chi connectivity index (χ1n) is 7.00. The van der Waals surface area contributed by atoms with Crippen molar-refractivity contribution in [3.8, 4) is 0 Å². The molecule has 4 nitrogen and oxygen atoms in total. The van der Waals surface area contributed by atoms with Gasteiger partial charge in [0.2, 0.25) is 0 Å². The number of benzene rings is 1. The molecule has 0 aromatic heterocycles. The van der Waals surface area contributed by atoms with Crippen molar-refractivity contribution >= 4 is 5.97 Å². The second-order valence-corrected chi connectivity index (χ2v) is 5.73. The summed E-state index contributed by atoms with van der Waals surface area (Å²) in [7, 11) is 4.28. The number of aliphatic hydroxyl groups is 1. The van der Waals surface area contributed by atoms with E-state index in [0.717, 1.165) is 17.6 Å². The summed E-state index contributed by atoms with van der Waals surface area (Å²) in [5.74, 6) is -0.961. The van der Waals surface area contributed by atoms with Crippen molar-refractivity contribution in [3.05, 3.63) is 35.9 Å². The van der Waals surface area contributed by atoms with Crippen molar-refractivity contribution in [1.29, 1.82) is 0 Å². The molecule has 0 amide bonds. The van der Waals surface area contributed by atoms with Crippen LogP contribution >= 0.6 is 0 Å². The molecule has 4 heteroatoms. The third-order valence-electron chi connectivity index (χ3n) is 2.67. The predicted molar refractivity (Wildman–Crippen MR) is 78.7 cm³/mol. The Balaban J connectivity index is 0.000000511. The minimum Gasteiger partial charge on any atom is -0.550 e. The molecule has 0 saturated heterocycles. The van der Waals surface area contributed by atoms with Gasteiger partial charge in [-0.15, -0.1) is 0 Å². The Morgan fingerprint density at radius 2 is 1.85 bits per heavy atom. The third kappa shape index (κ3) is 10.5. The maximum absolute atomic E-state index is 9.49. The quantitative estimate of drug-likeness (QED) is 0.797. The van der Waals surface area contributed by atoms with E-state index in [9.17, 15) is 15.0 Å². The molecule has 0 aliphatic carbocycles. The molecular formula is C16H27NO3. The van der Waals surface area contributed by atoms with Crippen molar-refractivity contribution in [3.63, 3.8) is 0 Å². The number of carbonyl (C=O) groups is 1. The summed E-state index contributed by atoms with van der Waals surface area (Å²) in [5, 5.41) is 18.8. The Morgan fingerprint density at radius 1 is 1.30 bits per heavy atom. The van der Waals surface area contributed by atoms with E-state index in [4.69, 9.17) is 0 Å². The van der Waals surface area contributed by atoms with E-state index >= 15 is 0 Å². The Labute approximate surface area is 122 Å². The summed E-state index contributed by atoms with van der Waals surface area (Å²) in [6, 6.07) is 10.4. The smallest absolute Gasteiger partial charge is 0.105 e. The summed E-state index contributed by atoms with van der Waals surface area (Å²) >= 11 is 0. The molecule has 0 aliphatic heterocycles. The minimum atomic E-state index is -0.961. The zero-order valence-corrected chi connectivity index (χ0v) is 13.0. The molecule has 0 bridgehead atoms. The second-order valence-electron chi connectivity index (χ2n) is 5.73. The molecule has 1 unspecified atom stereocenters. The van der Waals surface area contributed by atoms with Gasteiger partial charge in [-0.2, -0.15) is 0 Å². The van der Waals surface area contributed by atoms with E-state index in [1.54, 1.807) is 6.92 Å². The normalized spacial score (nSPS) is 12.2. The van der Waals surface area contributed by atoms with Crippen molar-refractivity contribution in [2.45, 2.75) is 39.3 Å². The maximum atomic E-state index is 9.49. The fourth-order valence-corrected chi connectivity index (χ4v) is 2.06. The molecule has 114 valence electrons. The Kier molecular flexibility index (Phi) is 8.84. The number of rotatable bonds is 6. The molecule has 1 N–H and O–H groups in total. The molecule has 0 radical (unpaired) electrons. The van der Waals surface area contributed by atoms with Crippen LogP contribution in [0.4, 0.5) is 0 Å². The van der Waals surface area contributed by atoms with E-state index in [2.05, 4.69) is 38.4 Å². The first-order valence-corrected chi connectivity index (χ1v) is 7.00. The minimum absolute atomic E-state index is 0.181. The fourth-order valence-electron chi connectivity index (χ4n) is 2.06. The van der Waals surface area contributed by atoms with Crippen LogP contribution in [-0.4, -0.2) is 42.3 Å². The van der Waals surface area contributed by atoms with E-state index in [1.807, 2.05) is 13.0 Å². The van der Waals surface area contributed by atoms with E-state index < -0.39 is 5.97 Å². The largest absolute Gasteiger partial charge is 0.550 e. The Bertz CT molecular complexity index is 375. The van der Waals surface area contributed by atoms with Gasteiger partial charge >= 0.3 is 0 Å². The second kappa shape index (κ2) is 9.50. The first kappa shape index (κ1) is 18.6. The highest BCUT2D eigenvalue weighted by molar-refractivity contribution is 5.63. The van der Waals surface area contributed by atoms with E-state index in [-0.39, 0.29) is 12.5 Å². The zero-order chi connectivity index (χ0) is 15.6. The lowest BCUT2D eigenvalue weighted by atomic mass is 10.2. The number of carbonyl (C=O) groups excluding carboxylic acids is 1. The van der Waals surface area contributed by atoms with Gasteiger partial charge in [-0.05, 0) is 13.3 Å². The number of hydrogen-bond donors (Lipinski definition) is 1. The Hall–Kier alpha value is -1.39. The van der Waals surface area contributed by atoms with Crippen LogP contribution in [0.25, 0.3) is 0 Å². The zero-order valence-electron chi connectivity index (χ0n) is 13.0. The Morgan fingerprint density at radius 3 is 2.20 bits per heavy atom. The monoisotopic (exact) mass is 281 g/mol. The van der Waals surface area contributed by atoms with Crippen LogP contribution < -0.4 is 5.11 Å². The van der Waals surface area contributed by atoms with Crippen LogP contribution in [0, 0.1) is 0 Å². The van der Waals surface area contributed by atoms with E-state index in [1.165, 1.54) is 5.56 Å². The van der Waals surface area contributed by atoms with Gasteiger partial charge in [0.05, 0.1) is 14.1 Å². The molecule has 0 saturated carbocycles. The summed E-state index contributed by atoms with van der Waals surface area (Å²) in [6.45, 7) is 5.39. The van der Waals surface area contributed by atoms with Gasteiger partial charge in [-0.3, -0.25) is 0 Å². The van der Waals surface area contributed by atoms with Gasteiger partial charge < -0.3 is 19.5 Å². The maximum Gasteiger partial charge on any atom is 0.105 e. The van der Waals surface area contributed by atoms with E-state index in [0.29, 0.717) is 6.42 Å². The molecule has 0 heterocycles. The lowest BCUT2D eigenvalue weighted by Crippen LogP contribution is -2.43. The molecule has 1 atom stereocenters. The van der Waals surface area contributed by atoms with Crippen LogP contribution in [-0.2, 0) is 11.3 Å². The predicted octanol–water partition coefficient (Wildman–Crippen LogP) is 1.18. The summed E-state index contributed by atoms with van der Waals surface area (Å²) in [4.78, 5) is 9.49. The average molecular weight is 281 g/mol. The highest BCUT2D eigenvalue weighted by atomic mass is 16.4. The number of quaternary nitrogens is 1. The van der Waals surface area contributed by atoms with Crippen LogP contribution in [0.1, 0.15) is 32.3 Å². The highest BCUT2D eigenvalue weighted by Gasteiger charge is 2.17. The van der Waals surface area contributed by atoms with Crippen LogP contribution in [0.15, 0.2) is 30.3 Å². The summed E-state index contributed by atoms with van der Waals surface area (Å²) < 4.78 is 0.821. The van der Waals surface area contributed by atoms with Gasteiger partial charge in [-0.25, -0.2) is 0 Å². The molecule has 0 aliphatic rings. The standard InChI is InChI=1S/C12H20NO.C4H8O2/c1-11(14)9-13(2,3)10-12-7-5-4-6-8-12;1-2-3-4(5)6/h4-8,11,14H,9-10H2,1-3H3;2-3H2,1H3,(H,5,6)/q+1;/p-1.